The van der Waals surface area contributed by atoms with E-state index >= 15 is 0 Å². The molecule has 6 heteroatoms. The van der Waals surface area contributed by atoms with E-state index in [1.807, 2.05) is 11.9 Å². The quantitative estimate of drug-likeness (QED) is 0.671. The summed E-state index contributed by atoms with van der Waals surface area (Å²) in [5.41, 5.74) is 0.264. The van der Waals surface area contributed by atoms with Crippen LogP contribution in [-0.4, -0.2) is 31.6 Å². The summed E-state index contributed by atoms with van der Waals surface area (Å²) in [6, 6.07) is 3.86. The van der Waals surface area contributed by atoms with Gasteiger partial charge in [-0.05, 0) is 38.4 Å². The molecule has 1 fully saturated rings. The molecule has 0 spiro atoms. The van der Waals surface area contributed by atoms with Gasteiger partial charge in [-0.3, -0.25) is 10.1 Å². The van der Waals surface area contributed by atoms with Crippen molar-refractivity contribution in [2.45, 2.75) is 12.8 Å². The monoisotopic (exact) mass is 267 g/mol. The van der Waals surface area contributed by atoms with E-state index in [0.29, 0.717) is 11.6 Å². The number of non-ortho nitro benzene ring substituents is 1. The number of nitro groups is 1. The van der Waals surface area contributed by atoms with Gasteiger partial charge in [0.15, 0.2) is 5.82 Å². The van der Waals surface area contributed by atoms with E-state index in [2.05, 4.69) is 5.32 Å². The summed E-state index contributed by atoms with van der Waals surface area (Å²) in [5, 5.41) is 13.7. The van der Waals surface area contributed by atoms with Crippen molar-refractivity contribution < 1.29 is 9.31 Å². The maximum absolute atomic E-state index is 13.9. The summed E-state index contributed by atoms with van der Waals surface area (Å²) < 4.78 is 13.9. The van der Waals surface area contributed by atoms with Crippen molar-refractivity contribution in [3.8, 4) is 0 Å². The Morgan fingerprint density at radius 2 is 2.16 bits per heavy atom. The first kappa shape index (κ1) is 13.7. The number of rotatable bonds is 4. The number of hydrogen-bond acceptors (Lipinski definition) is 4. The average molecular weight is 267 g/mol. The van der Waals surface area contributed by atoms with Gasteiger partial charge in [0.05, 0.1) is 16.7 Å². The normalized spacial score (nSPS) is 16.6. The van der Waals surface area contributed by atoms with E-state index in [9.17, 15) is 14.5 Å². The van der Waals surface area contributed by atoms with Crippen LogP contribution in [0.3, 0.4) is 0 Å². The smallest absolute Gasteiger partial charge is 0.272 e. The van der Waals surface area contributed by atoms with Gasteiger partial charge in [-0.25, -0.2) is 4.39 Å². The first-order chi connectivity index (χ1) is 9.11. The summed E-state index contributed by atoms with van der Waals surface area (Å²) in [6.07, 6.45) is 2.02. The fraction of sp³-hybridized carbons (Fsp3) is 0.538. The lowest BCUT2D eigenvalue weighted by atomic mass is 9.96. The SMILES string of the molecule is CNCC1CCN(c2ccc([N+](=O)[O-])cc2F)CC1. The molecule has 0 unspecified atom stereocenters. The number of nitro benzene ring substituents is 1. The van der Waals surface area contributed by atoms with Gasteiger partial charge in [-0.1, -0.05) is 0 Å². The van der Waals surface area contributed by atoms with Crippen molar-refractivity contribution >= 4 is 11.4 Å². The highest BCUT2D eigenvalue weighted by atomic mass is 19.1. The predicted molar refractivity (Wildman–Crippen MR) is 71.9 cm³/mol. The Kier molecular flexibility index (Phi) is 4.31. The standard InChI is InChI=1S/C13H18FN3O2/c1-15-9-10-4-6-16(7-5-10)13-3-2-11(17(18)19)8-12(13)14/h2-3,8,10,15H,4-7,9H2,1H3. The zero-order valence-corrected chi connectivity index (χ0v) is 10.9. The van der Waals surface area contributed by atoms with Crippen LogP contribution in [0.2, 0.25) is 0 Å². The number of nitrogens with one attached hydrogen (secondary N) is 1. The lowest BCUT2D eigenvalue weighted by Gasteiger charge is -2.33. The lowest BCUT2D eigenvalue weighted by Crippen LogP contribution is -2.37. The molecule has 1 saturated heterocycles. The number of hydrogen-bond donors (Lipinski definition) is 1. The van der Waals surface area contributed by atoms with Gasteiger partial charge < -0.3 is 10.2 Å². The van der Waals surface area contributed by atoms with Gasteiger partial charge >= 0.3 is 0 Å². The molecule has 1 aliphatic heterocycles. The minimum absolute atomic E-state index is 0.202. The van der Waals surface area contributed by atoms with E-state index < -0.39 is 10.7 Å². The van der Waals surface area contributed by atoms with Gasteiger partial charge in [-0.15, -0.1) is 0 Å². The number of anilines is 1. The largest absolute Gasteiger partial charge is 0.369 e. The van der Waals surface area contributed by atoms with Gasteiger partial charge in [0.25, 0.3) is 5.69 Å². The molecule has 19 heavy (non-hydrogen) atoms. The minimum atomic E-state index is -0.577. The molecule has 1 N–H and O–H groups in total. The summed E-state index contributed by atoms with van der Waals surface area (Å²) in [5.74, 6) is 0.114. The molecule has 0 saturated carbocycles. The highest BCUT2D eigenvalue weighted by molar-refractivity contribution is 5.52. The molecule has 0 bridgehead atoms. The topological polar surface area (TPSA) is 58.4 Å². The van der Waals surface area contributed by atoms with Crippen LogP contribution in [0.5, 0.6) is 0 Å². The molecule has 0 aliphatic carbocycles. The van der Waals surface area contributed by atoms with Crippen LogP contribution in [0.15, 0.2) is 18.2 Å². The zero-order valence-electron chi connectivity index (χ0n) is 10.9. The molecule has 0 atom stereocenters. The molecular formula is C13H18FN3O2. The second-order valence-electron chi connectivity index (χ2n) is 4.88. The fourth-order valence-corrected chi connectivity index (χ4v) is 2.53. The second kappa shape index (κ2) is 5.97. The highest BCUT2D eigenvalue weighted by Gasteiger charge is 2.22. The summed E-state index contributed by atoms with van der Waals surface area (Å²) >= 11 is 0. The number of benzene rings is 1. The molecule has 0 amide bonds. The Labute approximate surface area is 111 Å². The van der Waals surface area contributed by atoms with Gasteiger partial charge in [0, 0.05) is 19.2 Å². The molecule has 1 aromatic carbocycles. The summed E-state index contributed by atoms with van der Waals surface area (Å²) in [6.45, 7) is 2.57. The van der Waals surface area contributed by atoms with Crippen molar-refractivity contribution in [2.75, 3.05) is 31.6 Å². The van der Waals surface area contributed by atoms with Gasteiger partial charge in [-0.2, -0.15) is 0 Å². The van der Waals surface area contributed by atoms with E-state index in [0.717, 1.165) is 38.5 Å². The number of nitrogens with zero attached hydrogens (tertiary/aromatic N) is 2. The van der Waals surface area contributed by atoms with Crippen LogP contribution in [-0.2, 0) is 0 Å². The molecule has 104 valence electrons. The number of halogens is 1. The van der Waals surface area contributed by atoms with Crippen LogP contribution in [0, 0.1) is 21.8 Å². The molecular weight excluding hydrogens is 249 g/mol. The maximum atomic E-state index is 13.9. The average Bonchev–Trinajstić information content (AvgIpc) is 2.40. The Balaban J connectivity index is 2.05. The maximum Gasteiger partial charge on any atom is 0.272 e. The van der Waals surface area contributed by atoms with Gasteiger partial charge in [0.2, 0.25) is 0 Å². The highest BCUT2D eigenvalue weighted by Crippen LogP contribution is 2.27. The van der Waals surface area contributed by atoms with Crippen molar-refractivity contribution in [3.63, 3.8) is 0 Å². The third-order valence-electron chi connectivity index (χ3n) is 3.59. The third-order valence-corrected chi connectivity index (χ3v) is 3.59. The van der Waals surface area contributed by atoms with Crippen molar-refractivity contribution in [3.05, 3.63) is 34.1 Å². The Morgan fingerprint density at radius 1 is 1.47 bits per heavy atom. The van der Waals surface area contributed by atoms with Crippen LogP contribution < -0.4 is 10.2 Å². The Bertz CT molecular complexity index is 459. The van der Waals surface area contributed by atoms with E-state index in [1.54, 1.807) is 0 Å². The van der Waals surface area contributed by atoms with Crippen LogP contribution in [0.25, 0.3) is 0 Å². The summed E-state index contributed by atoms with van der Waals surface area (Å²) in [4.78, 5) is 12.0. The molecule has 1 heterocycles. The third kappa shape index (κ3) is 3.20. The molecule has 0 aromatic heterocycles. The predicted octanol–water partition coefficient (Wildman–Crippen LogP) is 2.17. The lowest BCUT2D eigenvalue weighted by molar-refractivity contribution is -0.385. The Morgan fingerprint density at radius 3 is 2.68 bits per heavy atom. The van der Waals surface area contributed by atoms with E-state index in [-0.39, 0.29) is 5.69 Å². The minimum Gasteiger partial charge on any atom is -0.369 e. The first-order valence-corrected chi connectivity index (χ1v) is 6.45. The Hall–Kier alpha value is -1.69. The first-order valence-electron chi connectivity index (χ1n) is 6.45. The number of piperidine rings is 1. The van der Waals surface area contributed by atoms with Crippen LogP contribution in [0.4, 0.5) is 15.8 Å². The summed E-state index contributed by atoms with van der Waals surface area (Å²) in [7, 11) is 1.93. The molecule has 5 nitrogen and oxygen atoms in total. The molecule has 2 rings (SSSR count). The van der Waals surface area contributed by atoms with E-state index in [1.165, 1.54) is 12.1 Å². The van der Waals surface area contributed by atoms with Crippen LogP contribution >= 0.6 is 0 Å². The molecule has 1 aromatic rings. The van der Waals surface area contributed by atoms with E-state index in [4.69, 9.17) is 0 Å². The van der Waals surface area contributed by atoms with Gasteiger partial charge in [0.1, 0.15) is 0 Å². The van der Waals surface area contributed by atoms with Crippen molar-refractivity contribution in [2.24, 2.45) is 5.92 Å². The van der Waals surface area contributed by atoms with Crippen LogP contribution in [0.1, 0.15) is 12.8 Å². The second-order valence-corrected chi connectivity index (χ2v) is 4.88. The fourth-order valence-electron chi connectivity index (χ4n) is 2.53. The van der Waals surface area contributed by atoms with Crippen molar-refractivity contribution in [1.29, 1.82) is 0 Å². The molecule has 0 radical (unpaired) electrons. The molecule has 1 aliphatic rings. The van der Waals surface area contributed by atoms with Crippen molar-refractivity contribution in [1.82, 2.24) is 5.32 Å². The zero-order chi connectivity index (χ0) is 13.8.